The summed E-state index contributed by atoms with van der Waals surface area (Å²) in [5, 5.41) is 6.81. The molecule has 0 aliphatic carbocycles. The monoisotopic (exact) mass is 286 g/mol. The summed E-state index contributed by atoms with van der Waals surface area (Å²) in [6.07, 6.45) is 1.48. The van der Waals surface area contributed by atoms with Crippen molar-refractivity contribution in [3.8, 4) is 0 Å². The Balaban J connectivity index is 2.65. The Morgan fingerprint density at radius 2 is 2.26 bits per heavy atom. The molecular weight excluding hydrogens is 264 g/mol. The number of esters is 1. The lowest BCUT2D eigenvalue weighted by atomic mass is 9.79. The predicted octanol–water partition coefficient (Wildman–Crippen LogP) is 2.35. The molecule has 1 N–H and O–H groups in total. The molecule has 19 heavy (non-hydrogen) atoms. The maximum Gasteiger partial charge on any atom is 0.326 e. The third kappa shape index (κ3) is 4.60. The second-order valence-corrected chi connectivity index (χ2v) is 6.63. The third-order valence-corrected chi connectivity index (χ3v) is 4.84. The smallest absolute Gasteiger partial charge is 0.326 e. The van der Waals surface area contributed by atoms with Crippen LogP contribution in [0.15, 0.2) is 5.11 Å². The first kappa shape index (κ1) is 16.1. The van der Waals surface area contributed by atoms with Crippen LogP contribution in [-0.4, -0.2) is 43.2 Å². The Kier molecular flexibility index (Phi) is 5.97. The first-order valence-corrected chi connectivity index (χ1v) is 7.53. The molecule has 0 aromatic heterocycles. The summed E-state index contributed by atoms with van der Waals surface area (Å²) in [7, 11) is 1.43. The van der Waals surface area contributed by atoms with E-state index >= 15 is 0 Å². The van der Waals surface area contributed by atoms with Gasteiger partial charge in [0.25, 0.3) is 0 Å². The fourth-order valence-corrected chi connectivity index (χ4v) is 3.88. The number of hydrogen-bond donors (Lipinski definition) is 1. The van der Waals surface area contributed by atoms with Gasteiger partial charge in [-0.2, -0.15) is 11.8 Å². The van der Waals surface area contributed by atoms with Gasteiger partial charge in [-0.25, -0.2) is 0 Å². The normalized spacial score (nSPS) is 25.4. The Morgan fingerprint density at radius 1 is 1.53 bits per heavy atom. The Bertz CT molecular complexity index is 369. The zero-order chi connectivity index (χ0) is 14.4. The zero-order valence-electron chi connectivity index (χ0n) is 11.8. The van der Waals surface area contributed by atoms with E-state index in [1.807, 2.05) is 0 Å². The number of carbonyl (C=O) groups excluding carboxylic acids is 1. The number of thioether (sulfide) groups is 1. The van der Waals surface area contributed by atoms with Gasteiger partial charge in [0.15, 0.2) is 0 Å². The number of hydrogen-bond acceptors (Lipinski definition) is 5. The molecule has 0 aromatic carbocycles. The van der Waals surface area contributed by atoms with Crippen LogP contribution in [0, 0.1) is 5.41 Å². The Morgan fingerprint density at radius 3 is 2.84 bits per heavy atom. The molecule has 1 heterocycles. The molecule has 0 amide bonds. The standard InChI is InChI=1S/C12H22N4O2S/c1-11(2)7-12(9-19-8-11,10(17)18-3)14-5-4-6-15-16-13/h14H,4-9H2,1-3H3. The highest BCUT2D eigenvalue weighted by Crippen LogP contribution is 2.39. The lowest BCUT2D eigenvalue weighted by molar-refractivity contribution is -0.149. The van der Waals surface area contributed by atoms with Gasteiger partial charge in [0, 0.05) is 17.2 Å². The van der Waals surface area contributed by atoms with Gasteiger partial charge in [-0.05, 0) is 36.1 Å². The minimum atomic E-state index is -0.614. The number of azide groups is 1. The summed E-state index contributed by atoms with van der Waals surface area (Å²) >= 11 is 1.78. The molecule has 0 spiro atoms. The molecule has 6 nitrogen and oxygen atoms in total. The quantitative estimate of drug-likeness (QED) is 0.267. The van der Waals surface area contributed by atoms with Crippen LogP contribution in [0.3, 0.4) is 0 Å². The molecule has 1 fully saturated rings. The molecule has 7 heteroatoms. The van der Waals surface area contributed by atoms with Gasteiger partial charge in [-0.3, -0.25) is 4.79 Å². The highest BCUT2D eigenvalue weighted by molar-refractivity contribution is 7.99. The number of nitrogens with zero attached hydrogens (tertiary/aromatic N) is 3. The SMILES string of the molecule is COC(=O)C1(NCCCN=[N+]=[N-])CSCC(C)(C)C1. The number of rotatable bonds is 6. The fourth-order valence-electron chi connectivity index (χ4n) is 2.45. The van der Waals surface area contributed by atoms with E-state index < -0.39 is 5.54 Å². The molecule has 0 aromatic rings. The zero-order valence-corrected chi connectivity index (χ0v) is 12.6. The lowest BCUT2D eigenvalue weighted by Gasteiger charge is -2.43. The van der Waals surface area contributed by atoms with Crippen molar-refractivity contribution >= 4 is 17.7 Å². The minimum absolute atomic E-state index is 0.106. The highest BCUT2D eigenvalue weighted by Gasteiger charge is 2.46. The van der Waals surface area contributed by atoms with Crippen molar-refractivity contribution in [3.05, 3.63) is 10.4 Å². The van der Waals surface area contributed by atoms with E-state index in [0.29, 0.717) is 19.5 Å². The van der Waals surface area contributed by atoms with Crippen LogP contribution in [0.1, 0.15) is 26.7 Å². The van der Waals surface area contributed by atoms with Crippen molar-refractivity contribution < 1.29 is 9.53 Å². The van der Waals surface area contributed by atoms with E-state index in [1.165, 1.54) is 7.11 Å². The summed E-state index contributed by atoms with van der Waals surface area (Å²) in [4.78, 5) is 14.8. The van der Waals surface area contributed by atoms with Crippen molar-refractivity contribution in [3.63, 3.8) is 0 Å². The van der Waals surface area contributed by atoms with Crippen LogP contribution in [0.2, 0.25) is 0 Å². The number of methoxy groups -OCH3 is 1. The molecule has 108 valence electrons. The van der Waals surface area contributed by atoms with E-state index in [4.69, 9.17) is 10.3 Å². The van der Waals surface area contributed by atoms with Gasteiger partial charge >= 0.3 is 5.97 Å². The van der Waals surface area contributed by atoms with Crippen molar-refractivity contribution in [2.75, 3.05) is 31.7 Å². The Labute approximate surface area is 118 Å². The molecule has 0 radical (unpaired) electrons. The summed E-state index contributed by atoms with van der Waals surface area (Å²) in [5.74, 6) is 1.58. The third-order valence-electron chi connectivity index (χ3n) is 3.16. The average molecular weight is 286 g/mol. The summed E-state index contributed by atoms with van der Waals surface area (Å²) in [6.45, 7) is 5.42. The molecular formula is C12H22N4O2S. The van der Waals surface area contributed by atoms with Crippen molar-refractivity contribution in [1.29, 1.82) is 0 Å². The molecule has 1 rings (SSSR count). The Hall–Kier alpha value is -0.910. The largest absolute Gasteiger partial charge is 0.468 e. The van der Waals surface area contributed by atoms with Crippen LogP contribution in [0.4, 0.5) is 0 Å². The molecule has 1 aliphatic rings. The van der Waals surface area contributed by atoms with E-state index in [1.54, 1.807) is 11.8 Å². The minimum Gasteiger partial charge on any atom is -0.468 e. The average Bonchev–Trinajstić information content (AvgIpc) is 2.36. The summed E-state index contributed by atoms with van der Waals surface area (Å²) < 4.78 is 4.97. The highest BCUT2D eigenvalue weighted by atomic mass is 32.2. The van der Waals surface area contributed by atoms with Crippen molar-refractivity contribution in [1.82, 2.24) is 5.32 Å². The van der Waals surface area contributed by atoms with Gasteiger partial charge < -0.3 is 10.1 Å². The maximum absolute atomic E-state index is 12.1. The number of nitrogens with one attached hydrogen (secondary N) is 1. The second-order valence-electron chi connectivity index (χ2n) is 5.64. The van der Waals surface area contributed by atoms with Crippen molar-refractivity contribution in [2.24, 2.45) is 10.5 Å². The first-order valence-electron chi connectivity index (χ1n) is 6.38. The van der Waals surface area contributed by atoms with E-state index in [2.05, 4.69) is 29.2 Å². The molecule has 1 aliphatic heterocycles. The fraction of sp³-hybridized carbons (Fsp3) is 0.917. The van der Waals surface area contributed by atoms with Gasteiger partial charge in [0.05, 0.1) is 7.11 Å². The maximum atomic E-state index is 12.1. The lowest BCUT2D eigenvalue weighted by Crippen LogP contribution is -2.59. The van der Waals surface area contributed by atoms with Gasteiger partial charge in [0.1, 0.15) is 5.54 Å². The van der Waals surface area contributed by atoms with Crippen LogP contribution >= 0.6 is 11.8 Å². The van der Waals surface area contributed by atoms with E-state index in [9.17, 15) is 4.79 Å². The molecule has 1 saturated heterocycles. The second kappa shape index (κ2) is 7.03. The van der Waals surface area contributed by atoms with Gasteiger partial charge in [-0.1, -0.05) is 19.0 Å². The first-order chi connectivity index (χ1) is 8.96. The summed E-state index contributed by atoms with van der Waals surface area (Å²) in [5.41, 5.74) is 7.71. The molecule has 0 bridgehead atoms. The molecule has 1 atom stereocenters. The van der Waals surface area contributed by atoms with Gasteiger partial charge in [-0.15, -0.1) is 0 Å². The topological polar surface area (TPSA) is 87.1 Å². The van der Waals surface area contributed by atoms with Crippen LogP contribution in [0.25, 0.3) is 10.4 Å². The molecule has 1 unspecified atom stereocenters. The van der Waals surface area contributed by atoms with Crippen molar-refractivity contribution in [2.45, 2.75) is 32.2 Å². The van der Waals surface area contributed by atoms with E-state index in [0.717, 1.165) is 17.9 Å². The van der Waals surface area contributed by atoms with Crippen LogP contribution < -0.4 is 5.32 Å². The number of carbonyl (C=O) groups is 1. The number of ether oxygens (including phenoxy) is 1. The summed E-state index contributed by atoms with van der Waals surface area (Å²) in [6, 6.07) is 0. The molecule has 0 saturated carbocycles. The van der Waals surface area contributed by atoms with Gasteiger partial charge in [0.2, 0.25) is 0 Å². The van der Waals surface area contributed by atoms with Crippen LogP contribution in [0.5, 0.6) is 0 Å². The van der Waals surface area contributed by atoms with Crippen LogP contribution in [-0.2, 0) is 9.53 Å². The predicted molar refractivity (Wildman–Crippen MR) is 77.1 cm³/mol. The van der Waals surface area contributed by atoms with E-state index in [-0.39, 0.29) is 11.4 Å².